The normalized spacial score (nSPS) is 33.1. The number of amides is 1. The van der Waals surface area contributed by atoms with Crippen molar-refractivity contribution >= 4 is 11.9 Å². The van der Waals surface area contributed by atoms with Crippen LogP contribution in [0.25, 0.3) is 0 Å². The number of carbonyl (C=O) groups excluding carboxylic acids is 1. The standard InChI is InChI=1S/C16H28N2O3/c1-3-7-15(8-5-10-17-12-15)13(19)18-11-6-9-16(18,4-2)14(20)21/h17H,3-12H2,1-2H3,(H,20,21). The van der Waals surface area contributed by atoms with Gasteiger partial charge in [0.1, 0.15) is 5.54 Å². The lowest BCUT2D eigenvalue weighted by atomic mass is 9.75. The van der Waals surface area contributed by atoms with E-state index in [1.165, 1.54) is 0 Å². The van der Waals surface area contributed by atoms with Crippen LogP contribution in [0.5, 0.6) is 0 Å². The molecular formula is C16H28N2O3. The first-order valence-electron chi connectivity index (χ1n) is 8.28. The summed E-state index contributed by atoms with van der Waals surface area (Å²) >= 11 is 0. The Morgan fingerprint density at radius 2 is 2.00 bits per heavy atom. The van der Waals surface area contributed by atoms with Crippen LogP contribution in [0.3, 0.4) is 0 Å². The molecule has 0 saturated carbocycles. The van der Waals surface area contributed by atoms with E-state index in [2.05, 4.69) is 12.2 Å². The number of nitrogens with zero attached hydrogens (tertiary/aromatic N) is 1. The quantitative estimate of drug-likeness (QED) is 0.814. The summed E-state index contributed by atoms with van der Waals surface area (Å²) in [6, 6.07) is 0. The number of likely N-dealkylation sites (tertiary alicyclic amines) is 1. The molecule has 21 heavy (non-hydrogen) atoms. The average Bonchev–Trinajstić information content (AvgIpc) is 2.92. The summed E-state index contributed by atoms with van der Waals surface area (Å²) in [5, 5.41) is 13.0. The van der Waals surface area contributed by atoms with Crippen LogP contribution in [-0.4, -0.2) is 47.1 Å². The summed E-state index contributed by atoms with van der Waals surface area (Å²) in [5.41, 5.74) is -1.37. The minimum absolute atomic E-state index is 0.0679. The first-order valence-corrected chi connectivity index (χ1v) is 8.28. The van der Waals surface area contributed by atoms with Gasteiger partial charge in [-0.25, -0.2) is 4.79 Å². The fourth-order valence-corrected chi connectivity index (χ4v) is 4.15. The average molecular weight is 296 g/mol. The molecule has 0 bridgehead atoms. The lowest BCUT2D eigenvalue weighted by Gasteiger charge is -2.43. The van der Waals surface area contributed by atoms with Crippen molar-refractivity contribution in [1.82, 2.24) is 10.2 Å². The number of rotatable bonds is 5. The van der Waals surface area contributed by atoms with E-state index in [0.717, 1.165) is 38.6 Å². The highest BCUT2D eigenvalue weighted by molar-refractivity contribution is 5.91. The second kappa shape index (κ2) is 6.34. The highest BCUT2D eigenvalue weighted by Gasteiger charge is 2.53. The molecule has 2 fully saturated rings. The van der Waals surface area contributed by atoms with E-state index in [0.29, 0.717) is 25.9 Å². The molecule has 2 N–H and O–H groups in total. The van der Waals surface area contributed by atoms with Crippen molar-refractivity contribution in [3.8, 4) is 0 Å². The Balaban J connectivity index is 2.29. The molecule has 0 radical (unpaired) electrons. The van der Waals surface area contributed by atoms with Gasteiger partial charge in [-0.05, 0) is 45.1 Å². The molecule has 0 aromatic carbocycles. The second-order valence-electron chi connectivity index (χ2n) is 6.56. The predicted octanol–water partition coefficient (Wildman–Crippen LogP) is 2.01. The number of nitrogens with one attached hydrogen (secondary N) is 1. The SMILES string of the molecule is CCCC1(C(=O)N2CCCC2(CC)C(=O)O)CCCNC1. The maximum Gasteiger partial charge on any atom is 0.329 e. The van der Waals surface area contributed by atoms with E-state index >= 15 is 0 Å². The third-order valence-corrected chi connectivity index (χ3v) is 5.37. The number of carbonyl (C=O) groups is 2. The van der Waals surface area contributed by atoms with Crippen molar-refractivity contribution in [3.05, 3.63) is 0 Å². The molecule has 2 unspecified atom stereocenters. The van der Waals surface area contributed by atoms with Crippen molar-refractivity contribution in [3.63, 3.8) is 0 Å². The van der Waals surface area contributed by atoms with Crippen LogP contribution in [0.2, 0.25) is 0 Å². The van der Waals surface area contributed by atoms with Crippen LogP contribution >= 0.6 is 0 Å². The van der Waals surface area contributed by atoms with Gasteiger partial charge in [-0.2, -0.15) is 0 Å². The summed E-state index contributed by atoms with van der Waals surface area (Å²) in [6.45, 7) is 6.21. The molecule has 120 valence electrons. The topological polar surface area (TPSA) is 69.6 Å². The van der Waals surface area contributed by atoms with Gasteiger partial charge in [-0.15, -0.1) is 0 Å². The Morgan fingerprint density at radius 3 is 2.52 bits per heavy atom. The van der Waals surface area contributed by atoms with Crippen molar-refractivity contribution in [2.24, 2.45) is 5.41 Å². The van der Waals surface area contributed by atoms with Crippen molar-refractivity contribution < 1.29 is 14.7 Å². The zero-order valence-corrected chi connectivity index (χ0v) is 13.3. The number of aliphatic carboxylic acids is 1. The molecule has 0 aromatic rings. The van der Waals surface area contributed by atoms with Crippen LogP contribution in [-0.2, 0) is 9.59 Å². The smallest absolute Gasteiger partial charge is 0.329 e. The van der Waals surface area contributed by atoms with Crippen LogP contribution in [0.1, 0.15) is 58.8 Å². The Hall–Kier alpha value is -1.10. The summed E-state index contributed by atoms with van der Waals surface area (Å²) in [7, 11) is 0. The molecule has 2 saturated heterocycles. The van der Waals surface area contributed by atoms with Gasteiger partial charge in [0.25, 0.3) is 0 Å². The summed E-state index contributed by atoms with van der Waals surface area (Å²) in [4.78, 5) is 26.7. The second-order valence-corrected chi connectivity index (χ2v) is 6.56. The van der Waals surface area contributed by atoms with Gasteiger partial charge in [0.2, 0.25) is 5.91 Å². The fraction of sp³-hybridized carbons (Fsp3) is 0.875. The summed E-state index contributed by atoms with van der Waals surface area (Å²) in [6.07, 6.45) is 5.53. The van der Waals surface area contributed by atoms with E-state index in [9.17, 15) is 14.7 Å². The molecule has 5 heteroatoms. The Kier molecular flexibility index (Phi) is 4.91. The first-order chi connectivity index (χ1) is 10.0. The van der Waals surface area contributed by atoms with Crippen molar-refractivity contribution in [2.75, 3.05) is 19.6 Å². The van der Waals surface area contributed by atoms with Gasteiger partial charge in [0.05, 0.1) is 5.41 Å². The minimum atomic E-state index is -0.977. The molecule has 5 nitrogen and oxygen atoms in total. The van der Waals surface area contributed by atoms with Gasteiger partial charge in [-0.1, -0.05) is 20.3 Å². The van der Waals surface area contributed by atoms with Gasteiger partial charge < -0.3 is 15.3 Å². The highest BCUT2D eigenvalue weighted by Crippen LogP contribution is 2.40. The first kappa shape index (κ1) is 16.3. The maximum atomic E-state index is 13.2. The maximum absolute atomic E-state index is 13.2. The Labute approximate surface area is 127 Å². The molecule has 2 heterocycles. The zero-order valence-electron chi connectivity index (χ0n) is 13.3. The molecule has 1 amide bonds. The molecule has 2 atom stereocenters. The van der Waals surface area contributed by atoms with Crippen LogP contribution in [0.15, 0.2) is 0 Å². The van der Waals surface area contributed by atoms with E-state index in [1.807, 2.05) is 6.92 Å². The third kappa shape index (κ3) is 2.68. The minimum Gasteiger partial charge on any atom is -0.479 e. The van der Waals surface area contributed by atoms with E-state index < -0.39 is 16.9 Å². The number of hydrogen-bond donors (Lipinski definition) is 2. The molecule has 0 aliphatic carbocycles. The fourth-order valence-electron chi connectivity index (χ4n) is 4.15. The molecule has 0 aromatic heterocycles. The molecule has 2 aliphatic heterocycles. The molecule has 2 rings (SSSR count). The number of hydrogen-bond acceptors (Lipinski definition) is 3. The van der Waals surface area contributed by atoms with Crippen LogP contribution < -0.4 is 5.32 Å². The Morgan fingerprint density at radius 1 is 1.24 bits per heavy atom. The van der Waals surface area contributed by atoms with Gasteiger partial charge in [0, 0.05) is 13.1 Å². The molecular weight excluding hydrogens is 268 g/mol. The monoisotopic (exact) mass is 296 g/mol. The predicted molar refractivity (Wildman–Crippen MR) is 81.0 cm³/mol. The number of carboxylic acid groups (broad SMARTS) is 1. The highest BCUT2D eigenvalue weighted by atomic mass is 16.4. The molecule has 0 spiro atoms. The van der Waals surface area contributed by atoms with Gasteiger partial charge >= 0.3 is 5.97 Å². The van der Waals surface area contributed by atoms with E-state index in [-0.39, 0.29) is 5.91 Å². The zero-order chi connectivity index (χ0) is 15.5. The Bertz CT molecular complexity index is 399. The molecule has 2 aliphatic rings. The largest absolute Gasteiger partial charge is 0.479 e. The summed E-state index contributed by atoms with van der Waals surface area (Å²) < 4.78 is 0. The number of carboxylic acids is 1. The van der Waals surface area contributed by atoms with Crippen LogP contribution in [0, 0.1) is 5.41 Å². The lowest BCUT2D eigenvalue weighted by Crippen LogP contribution is -2.59. The van der Waals surface area contributed by atoms with Crippen molar-refractivity contribution in [2.45, 2.75) is 64.3 Å². The number of piperidine rings is 1. The van der Waals surface area contributed by atoms with E-state index in [1.54, 1.807) is 4.90 Å². The van der Waals surface area contributed by atoms with Gasteiger partial charge in [-0.3, -0.25) is 4.79 Å². The van der Waals surface area contributed by atoms with Crippen LogP contribution in [0.4, 0.5) is 0 Å². The third-order valence-electron chi connectivity index (χ3n) is 5.37. The summed E-state index contributed by atoms with van der Waals surface area (Å²) in [5.74, 6) is -0.774. The van der Waals surface area contributed by atoms with Gasteiger partial charge in [0.15, 0.2) is 0 Å². The van der Waals surface area contributed by atoms with Crippen molar-refractivity contribution in [1.29, 1.82) is 0 Å². The van der Waals surface area contributed by atoms with E-state index in [4.69, 9.17) is 0 Å². The lowest BCUT2D eigenvalue weighted by molar-refractivity contribution is -0.162.